The molecule has 1 aromatic carbocycles. The molecule has 1 unspecified atom stereocenters. The number of fused-ring (bicyclic) bond motifs is 1. The summed E-state index contributed by atoms with van der Waals surface area (Å²) in [6.45, 7) is 1.60. The number of carbonyl (C=O) groups excluding carboxylic acids is 1. The summed E-state index contributed by atoms with van der Waals surface area (Å²) in [5, 5.41) is 19.9. The molecule has 4 nitrogen and oxygen atoms in total. The van der Waals surface area contributed by atoms with Gasteiger partial charge >= 0.3 is 0 Å². The van der Waals surface area contributed by atoms with E-state index in [2.05, 4.69) is 0 Å². The predicted molar refractivity (Wildman–Crippen MR) is 90.3 cm³/mol. The number of aliphatic hydroxyl groups excluding tert-OH is 1. The van der Waals surface area contributed by atoms with Gasteiger partial charge in [0.05, 0.1) is 16.3 Å². The van der Waals surface area contributed by atoms with Crippen LogP contribution in [0.1, 0.15) is 41.4 Å². The van der Waals surface area contributed by atoms with Crippen molar-refractivity contribution in [1.82, 2.24) is 4.57 Å². The van der Waals surface area contributed by atoms with Crippen LogP contribution in [0.2, 0.25) is 5.02 Å². The van der Waals surface area contributed by atoms with Crippen molar-refractivity contribution >= 4 is 29.2 Å². The van der Waals surface area contributed by atoms with E-state index in [-0.39, 0.29) is 18.8 Å². The van der Waals surface area contributed by atoms with Crippen molar-refractivity contribution < 1.29 is 15.0 Å². The zero-order valence-corrected chi connectivity index (χ0v) is 13.5. The van der Waals surface area contributed by atoms with E-state index < -0.39 is 5.60 Å². The Hall–Kier alpha value is -1.88. The summed E-state index contributed by atoms with van der Waals surface area (Å²) in [4.78, 5) is 12.2. The second kappa shape index (κ2) is 5.96. The Morgan fingerprint density at radius 2 is 2.00 bits per heavy atom. The summed E-state index contributed by atoms with van der Waals surface area (Å²) in [5.41, 5.74) is 2.11. The van der Waals surface area contributed by atoms with E-state index in [4.69, 9.17) is 16.7 Å². The molecule has 0 bridgehead atoms. The first-order valence-corrected chi connectivity index (χ1v) is 7.84. The largest absolute Gasteiger partial charge is 0.396 e. The topological polar surface area (TPSA) is 62.5 Å². The van der Waals surface area contributed by atoms with E-state index in [1.54, 1.807) is 23.8 Å². The molecule has 0 saturated heterocycles. The van der Waals surface area contributed by atoms with Gasteiger partial charge in [-0.05, 0) is 29.7 Å². The summed E-state index contributed by atoms with van der Waals surface area (Å²) in [6.07, 6.45) is 4.23. The Morgan fingerprint density at radius 1 is 1.30 bits per heavy atom. The number of Topliss-reactive ketones (excluding diaryl/α,β-unsaturated/α-hetero) is 1. The molecule has 1 aliphatic rings. The van der Waals surface area contributed by atoms with Crippen molar-refractivity contribution in [2.75, 3.05) is 6.61 Å². The van der Waals surface area contributed by atoms with E-state index in [9.17, 15) is 9.90 Å². The average molecular weight is 332 g/mol. The van der Waals surface area contributed by atoms with Gasteiger partial charge < -0.3 is 14.8 Å². The van der Waals surface area contributed by atoms with Crippen LogP contribution in [0.5, 0.6) is 0 Å². The molecule has 2 N–H and O–H groups in total. The highest BCUT2D eigenvalue weighted by Crippen LogP contribution is 2.31. The summed E-state index contributed by atoms with van der Waals surface area (Å²) in [7, 11) is 0. The number of hydrogen-bond donors (Lipinski definition) is 2. The van der Waals surface area contributed by atoms with Gasteiger partial charge in [0.15, 0.2) is 5.78 Å². The van der Waals surface area contributed by atoms with Crippen LogP contribution in [0.25, 0.3) is 11.8 Å². The predicted octanol–water partition coefficient (Wildman–Crippen LogP) is 3.32. The van der Waals surface area contributed by atoms with Gasteiger partial charge in [-0.2, -0.15) is 0 Å². The van der Waals surface area contributed by atoms with E-state index in [1.807, 2.05) is 30.5 Å². The highest BCUT2D eigenvalue weighted by atomic mass is 35.5. The number of benzene rings is 1. The van der Waals surface area contributed by atoms with E-state index in [0.717, 1.165) is 16.7 Å². The van der Waals surface area contributed by atoms with Gasteiger partial charge in [-0.3, -0.25) is 4.79 Å². The molecule has 0 spiro atoms. The Labute approximate surface area is 139 Å². The molecule has 2 heterocycles. The number of nitrogens with zero attached hydrogens (tertiary/aromatic N) is 1. The quantitative estimate of drug-likeness (QED) is 0.903. The van der Waals surface area contributed by atoms with Crippen LogP contribution in [-0.4, -0.2) is 27.2 Å². The summed E-state index contributed by atoms with van der Waals surface area (Å²) < 4.78 is 1.75. The molecule has 1 atom stereocenters. The molecule has 120 valence electrons. The van der Waals surface area contributed by atoms with Gasteiger partial charge in [0, 0.05) is 31.8 Å². The van der Waals surface area contributed by atoms with E-state index in [1.165, 1.54) is 0 Å². The molecule has 2 aromatic rings. The fourth-order valence-electron chi connectivity index (χ4n) is 2.84. The Morgan fingerprint density at radius 3 is 2.65 bits per heavy atom. The van der Waals surface area contributed by atoms with Gasteiger partial charge in [-0.25, -0.2) is 0 Å². The molecule has 23 heavy (non-hydrogen) atoms. The molecule has 1 aromatic heterocycles. The van der Waals surface area contributed by atoms with Gasteiger partial charge in [-0.1, -0.05) is 35.9 Å². The molecule has 0 radical (unpaired) electrons. The molecular weight excluding hydrogens is 314 g/mol. The highest BCUT2D eigenvalue weighted by Gasteiger charge is 2.23. The highest BCUT2D eigenvalue weighted by molar-refractivity contribution is 6.31. The molecular formula is C18H18ClNO3. The Bertz CT molecular complexity index is 772. The summed E-state index contributed by atoms with van der Waals surface area (Å²) >= 11 is 5.96. The molecule has 0 fully saturated rings. The number of ketones is 1. The lowest BCUT2D eigenvalue weighted by Crippen LogP contribution is -2.22. The van der Waals surface area contributed by atoms with Gasteiger partial charge in [-0.15, -0.1) is 0 Å². The van der Waals surface area contributed by atoms with Crippen LogP contribution in [0.3, 0.4) is 0 Å². The van der Waals surface area contributed by atoms with Gasteiger partial charge in [0.2, 0.25) is 0 Å². The molecule has 3 rings (SSSR count). The molecule has 0 aliphatic carbocycles. The SMILES string of the molecule is CC(O)(CCO)c1ccc(C2=Cn3cc(Cl)cc3C(=O)C2)cc1. The van der Waals surface area contributed by atoms with Crippen molar-refractivity contribution in [2.45, 2.75) is 25.4 Å². The normalized spacial score (nSPS) is 16.7. The number of hydrogen-bond acceptors (Lipinski definition) is 3. The maximum atomic E-state index is 12.2. The smallest absolute Gasteiger partial charge is 0.184 e. The van der Waals surface area contributed by atoms with Crippen LogP contribution in [0.15, 0.2) is 36.5 Å². The second-order valence-electron chi connectivity index (χ2n) is 6.03. The van der Waals surface area contributed by atoms with Gasteiger partial charge in [0.1, 0.15) is 0 Å². The lowest BCUT2D eigenvalue weighted by molar-refractivity contribution is 0.0299. The first-order valence-electron chi connectivity index (χ1n) is 7.46. The minimum absolute atomic E-state index is 0.0331. The number of carbonyl (C=O) groups is 1. The minimum atomic E-state index is -1.06. The fourth-order valence-corrected chi connectivity index (χ4v) is 3.04. The lowest BCUT2D eigenvalue weighted by atomic mass is 9.90. The maximum Gasteiger partial charge on any atom is 0.184 e. The minimum Gasteiger partial charge on any atom is -0.396 e. The van der Waals surface area contributed by atoms with Crippen molar-refractivity contribution in [1.29, 1.82) is 0 Å². The third-order valence-corrected chi connectivity index (χ3v) is 4.43. The van der Waals surface area contributed by atoms with Crippen molar-refractivity contribution in [3.63, 3.8) is 0 Å². The third kappa shape index (κ3) is 3.11. The summed E-state index contributed by atoms with van der Waals surface area (Å²) in [5.74, 6) is 0.0331. The number of allylic oxidation sites excluding steroid dienone is 1. The second-order valence-corrected chi connectivity index (χ2v) is 6.47. The van der Waals surface area contributed by atoms with Crippen LogP contribution < -0.4 is 0 Å². The number of rotatable bonds is 4. The fraction of sp³-hybridized carbons (Fsp3) is 0.278. The zero-order valence-electron chi connectivity index (χ0n) is 12.8. The Kier molecular flexibility index (Phi) is 4.15. The van der Waals surface area contributed by atoms with Crippen LogP contribution >= 0.6 is 11.6 Å². The van der Waals surface area contributed by atoms with Crippen LogP contribution in [-0.2, 0) is 5.60 Å². The van der Waals surface area contributed by atoms with Crippen molar-refractivity contribution in [3.8, 4) is 0 Å². The lowest BCUT2D eigenvalue weighted by Gasteiger charge is -2.23. The number of aliphatic hydroxyl groups is 2. The monoisotopic (exact) mass is 331 g/mol. The third-order valence-electron chi connectivity index (χ3n) is 4.22. The maximum absolute atomic E-state index is 12.2. The van der Waals surface area contributed by atoms with E-state index >= 15 is 0 Å². The molecule has 5 heteroatoms. The van der Waals surface area contributed by atoms with Crippen LogP contribution in [0, 0.1) is 0 Å². The first-order chi connectivity index (χ1) is 10.9. The molecule has 0 amide bonds. The van der Waals surface area contributed by atoms with Crippen LogP contribution in [0.4, 0.5) is 0 Å². The summed E-state index contributed by atoms with van der Waals surface area (Å²) in [6, 6.07) is 9.10. The van der Waals surface area contributed by atoms with Gasteiger partial charge in [0.25, 0.3) is 0 Å². The Balaban J connectivity index is 1.91. The standard InChI is InChI=1S/C18H18ClNO3/c1-18(23,6-7-21)14-4-2-12(3-5-14)13-8-17(22)16-9-15(19)11-20(16)10-13/h2-5,9-11,21,23H,6-8H2,1H3. The zero-order chi connectivity index (χ0) is 16.6. The van der Waals surface area contributed by atoms with Crippen molar-refractivity contribution in [2.24, 2.45) is 0 Å². The first kappa shape index (κ1) is 16.0. The average Bonchev–Trinajstić information content (AvgIpc) is 2.88. The number of aromatic nitrogens is 1. The molecule has 1 aliphatic heterocycles. The van der Waals surface area contributed by atoms with E-state index in [0.29, 0.717) is 17.1 Å². The van der Waals surface area contributed by atoms with Crippen molar-refractivity contribution in [3.05, 3.63) is 58.4 Å². The molecule has 0 saturated carbocycles. The number of halogens is 1.